The number of carbonyl (C=O) groups excluding carboxylic acids is 1. The largest absolute Gasteiger partial charge is 0.371 e. The molecule has 1 N–H and O–H groups in total. The molecule has 1 saturated heterocycles. The van der Waals surface area contributed by atoms with E-state index in [0.717, 1.165) is 25.9 Å². The fourth-order valence-corrected chi connectivity index (χ4v) is 2.25. The van der Waals surface area contributed by atoms with E-state index < -0.39 is 0 Å². The summed E-state index contributed by atoms with van der Waals surface area (Å²) in [6.45, 7) is 3.95. The molecule has 0 saturated carbocycles. The number of para-hydroxylation sites is 1. The van der Waals surface area contributed by atoms with Gasteiger partial charge in [0.15, 0.2) is 0 Å². The van der Waals surface area contributed by atoms with Gasteiger partial charge in [-0.1, -0.05) is 25.1 Å². The fraction of sp³-hybridized carbons (Fsp3) is 0.500. The van der Waals surface area contributed by atoms with Crippen molar-refractivity contribution in [1.29, 1.82) is 0 Å². The number of carbonyl (C=O) groups is 1. The minimum absolute atomic E-state index is 0.170. The van der Waals surface area contributed by atoms with Crippen LogP contribution in [0, 0.1) is 0 Å². The fourth-order valence-electron chi connectivity index (χ4n) is 2.25. The third-order valence-corrected chi connectivity index (χ3v) is 3.30. The van der Waals surface area contributed by atoms with E-state index in [1.54, 1.807) is 0 Å². The molecule has 92 valence electrons. The van der Waals surface area contributed by atoms with Gasteiger partial charge in [-0.25, -0.2) is 0 Å². The van der Waals surface area contributed by atoms with Crippen LogP contribution in [0.15, 0.2) is 30.3 Å². The van der Waals surface area contributed by atoms with Crippen LogP contribution in [0.3, 0.4) is 0 Å². The third-order valence-electron chi connectivity index (χ3n) is 3.30. The van der Waals surface area contributed by atoms with Crippen molar-refractivity contribution in [2.75, 3.05) is 18.0 Å². The molecular weight excluding hydrogens is 212 g/mol. The summed E-state index contributed by atoms with van der Waals surface area (Å²) in [6, 6.07) is 10.8. The van der Waals surface area contributed by atoms with E-state index in [0.29, 0.717) is 12.5 Å². The van der Waals surface area contributed by atoms with E-state index in [1.165, 1.54) is 5.69 Å². The highest BCUT2D eigenvalue weighted by Gasteiger charge is 2.19. The van der Waals surface area contributed by atoms with Crippen LogP contribution in [-0.4, -0.2) is 25.0 Å². The van der Waals surface area contributed by atoms with Crippen LogP contribution in [0.5, 0.6) is 0 Å². The molecule has 1 aliphatic rings. The molecule has 0 atom stereocenters. The van der Waals surface area contributed by atoms with Gasteiger partial charge in [0.25, 0.3) is 0 Å². The van der Waals surface area contributed by atoms with Gasteiger partial charge < -0.3 is 10.2 Å². The van der Waals surface area contributed by atoms with Crippen molar-refractivity contribution in [1.82, 2.24) is 5.32 Å². The molecule has 0 aromatic heterocycles. The second kappa shape index (κ2) is 5.71. The summed E-state index contributed by atoms with van der Waals surface area (Å²) in [7, 11) is 0. The zero-order valence-corrected chi connectivity index (χ0v) is 10.4. The maximum Gasteiger partial charge on any atom is 0.219 e. The quantitative estimate of drug-likeness (QED) is 0.866. The Hall–Kier alpha value is -1.51. The van der Waals surface area contributed by atoms with Gasteiger partial charge in [-0.2, -0.15) is 0 Å². The Kier molecular flexibility index (Phi) is 4.02. The summed E-state index contributed by atoms with van der Waals surface area (Å²) in [5.41, 5.74) is 1.28. The lowest BCUT2D eigenvalue weighted by Gasteiger charge is -2.33. The number of hydrogen-bond acceptors (Lipinski definition) is 2. The molecule has 3 nitrogen and oxygen atoms in total. The van der Waals surface area contributed by atoms with Crippen LogP contribution in [0.25, 0.3) is 0 Å². The maximum absolute atomic E-state index is 11.3. The Morgan fingerprint density at radius 3 is 2.53 bits per heavy atom. The Morgan fingerprint density at radius 1 is 1.29 bits per heavy atom. The number of benzene rings is 1. The average molecular weight is 232 g/mol. The van der Waals surface area contributed by atoms with Gasteiger partial charge in [0.2, 0.25) is 5.91 Å². The van der Waals surface area contributed by atoms with Crippen molar-refractivity contribution in [2.24, 2.45) is 0 Å². The zero-order chi connectivity index (χ0) is 12.1. The van der Waals surface area contributed by atoms with Gasteiger partial charge >= 0.3 is 0 Å². The molecule has 1 heterocycles. The standard InChI is InChI=1S/C14H20N2O/c1-2-14(17)15-12-8-10-16(11-9-12)13-6-4-3-5-7-13/h3-7,12H,2,8-11H2,1H3,(H,15,17). The van der Waals surface area contributed by atoms with Crippen molar-refractivity contribution < 1.29 is 4.79 Å². The normalized spacial score (nSPS) is 16.9. The monoisotopic (exact) mass is 232 g/mol. The summed E-state index contributed by atoms with van der Waals surface area (Å²) in [5, 5.41) is 3.07. The molecule has 0 unspecified atom stereocenters. The molecule has 1 aliphatic heterocycles. The van der Waals surface area contributed by atoms with Gasteiger partial charge in [0, 0.05) is 31.2 Å². The van der Waals surface area contributed by atoms with Crippen molar-refractivity contribution in [2.45, 2.75) is 32.2 Å². The zero-order valence-electron chi connectivity index (χ0n) is 10.4. The van der Waals surface area contributed by atoms with Crippen molar-refractivity contribution in [3.05, 3.63) is 30.3 Å². The highest BCUT2D eigenvalue weighted by Crippen LogP contribution is 2.19. The third kappa shape index (κ3) is 3.22. The molecule has 1 fully saturated rings. The number of amides is 1. The minimum atomic E-state index is 0.170. The number of nitrogens with one attached hydrogen (secondary N) is 1. The molecule has 17 heavy (non-hydrogen) atoms. The number of rotatable bonds is 3. The van der Waals surface area contributed by atoms with Crippen LogP contribution >= 0.6 is 0 Å². The highest BCUT2D eigenvalue weighted by atomic mass is 16.1. The molecule has 1 aromatic carbocycles. The van der Waals surface area contributed by atoms with E-state index in [9.17, 15) is 4.79 Å². The smallest absolute Gasteiger partial charge is 0.219 e. The van der Waals surface area contributed by atoms with E-state index in [-0.39, 0.29) is 5.91 Å². The second-order valence-corrected chi connectivity index (χ2v) is 4.52. The number of hydrogen-bond donors (Lipinski definition) is 1. The molecule has 3 heteroatoms. The van der Waals surface area contributed by atoms with E-state index >= 15 is 0 Å². The Morgan fingerprint density at radius 2 is 1.94 bits per heavy atom. The Bertz CT molecular complexity index is 356. The van der Waals surface area contributed by atoms with E-state index in [2.05, 4.69) is 34.5 Å². The summed E-state index contributed by atoms with van der Waals surface area (Å²) >= 11 is 0. The SMILES string of the molecule is CCC(=O)NC1CCN(c2ccccc2)CC1. The Balaban J connectivity index is 1.84. The topological polar surface area (TPSA) is 32.3 Å². The average Bonchev–Trinajstić information content (AvgIpc) is 2.40. The predicted octanol–water partition coefficient (Wildman–Crippen LogP) is 2.18. The Labute approximate surface area is 103 Å². The number of anilines is 1. The molecule has 1 aromatic rings. The summed E-state index contributed by atoms with van der Waals surface area (Å²) in [4.78, 5) is 13.7. The van der Waals surface area contributed by atoms with E-state index in [1.807, 2.05) is 13.0 Å². The molecule has 0 aliphatic carbocycles. The molecule has 2 rings (SSSR count). The van der Waals surface area contributed by atoms with Gasteiger partial charge in [-0.3, -0.25) is 4.79 Å². The van der Waals surface area contributed by atoms with Crippen LogP contribution in [0.4, 0.5) is 5.69 Å². The summed E-state index contributed by atoms with van der Waals surface area (Å²) < 4.78 is 0. The summed E-state index contributed by atoms with van der Waals surface area (Å²) in [6.07, 6.45) is 2.67. The van der Waals surface area contributed by atoms with Gasteiger partial charge in [0.05, 0.1) is 0 Å². The molecular formula is C14H20N2O. The lowest BCUT2D eigenvalue weighted by Crippen LogP contribution is -2.44. The van der Waals surface area contributed by atoms with Crippen LogP contribution in [-0.2, 0) is 4.79 Å². The maximum atomic E-state index is 11.3. The minimum Gasteiger partial charge on any atom is -0.371 e. The van der Waals surface area contributed by atoms with Crippen LogP contribution in [0.2, 0.25) is 0 Å². The molecule has 1 amide bonds. The van der Waals surface area contributed by atoms with Crippen molar-refractivity contribution >= 4 is 11.6 Å². The number of nitrogens with zero attached hydrogens (tertiary/aromatic N) is 1. The van der Waals surface area contributed by atoms with Gasteiger partial charge in [-0.15, -0.1) is 0 Å². The van der Waals surface area contributed by atoms with Crippen LogP contribution in [0.1, 0.15) is 26.2 Å². The first kappa shape index (κ1) is 12.0. The first-order valence-corrected chi connectivity index (χ1v) is 6.39. The predicted molar refractivity (Wildman–Crippen MR) is 70.1 cm³/mol. The van der Waals surface area contributed by atoms with Crippen LogP contribution < -0.4 is 10.2 Å². The second-order valence-electron chi connectivity index (χ2n) is 4.52. The lowest BCUT2D eigenvalue weighted by molar-refractivity contribution is -0.121. The van der Waals surface area contributed by atoms with Gasteiger partial charge in [0.1, 0.15) is 0 Å². The summed E-state index contributed by atoms with van der Waals surface area (Å²) in [5.74, 6) is 0.170. The first-order valence-electron chi connectivity index (χ1n) is 6.39. The molecule has 0 spiro atoms. The molecule has 0 bridgehead atoms. The van der Waals surface area contributed by atoms with Gasteiger partial charge in [-0.05, 0) is 25.0 Å². The molecule has 0 radical (unpaired) electrons. The highest BCUT2D eigenvalue weighted by molar-refractivity contribution is 5.75. The first-order chi connectivity index (χ1) is 8.29. The number of piperidine rings is 1. The van der Waals surface area contributed by atoms with E-state index in [4.69, 9.17) is 0 Å². The van der Waals surface area contributed by atoms with Crippen molar-refractivity contribution in [3.63, 3.8) is 0 Å². The van der Waals surface area contributed by atoms with Crippen molar-refractivity contribution in [3.8, 4) is 0 Å². The lowest BCUT2D eigenvalue weighted by atomic mass is 10.0.